The van der Waals surface area contributed by atoms with Crippen molar-refractivity contribution in [2.45, 2.75) is 19.9 Å². The quantitative estimate of drug-likeness (QED) is 0.791. The van der Waals surface area contributed by atoms with Gasteiger partial charge in [-0.15, -0.1) is 0 Å². The molecule has 0 unspecified atom stereocenters. The second-order valence-electron chi connectivity index (χ2n) is 4.59. The summed E-state index contributed by atoms with van der Waals surface area (Å²) in [5.74, 6) is 1.32. The third kappa shape index (κ3) is 2.16. The van der Waals surface area contributed by atoms with E-state index in [1.165, 1.54) is 6.20 Å². The molecule has 6 heteroatoms. The summed E-state index contributed by atoms with van der Waals surface area (Å²) in [7, 11) is 0. The highest BCUT2D eigenvalue weighted by Crippen LogP contribution is 2.16. The average Bonchev–Trinajstić information content (AvgIpc) is 3.04. The van der Waals surface area contributed by atoms with Gasteiger partial charge in [-0.25, -0.2) is 9.50 Å². The predicted molar refractivity (Wildman–Crippen MR) is 72.3 cm³/mol. The highest BCUT2D eigenvalue weighted by Gasteiger charge is 2.18. The molecule has 0 radical (unpaired) electrons. The number of rotatable bonds is 3. The van der Waals surface area contributed by atoms with E-state index in [1.807, 2.05) is 26.0 Å². The van der Waals surface area contributed by atoms with Crippen molar-refractivity contribution in [1.82, 2.24) is 19.9 Å². The topological polar surface area (TPSA) is 72.4 Å². The summed E-state index contributed by atoms with van der Waals surface area (Å²) in [5, 5.41) is 6.97. The molecule has 0 bridgehead atoms. The van der Waals surface area contributed by atoms with E-state index in [9.17, 15) is 4.79 Å². The highest BCUT2D eigenvalue weighted by molar-refractivity contribution is 5.99. The van der Waals surface area contributed by atoms with Gasteiger partial charge in [0.15, 0.2) is 5.65 Å². The summed E-state index contributed by atoms with van der Waals surface area (Å²) >= 11 is 0. The van der Waals surface area contributed by atoms with E-state index in [-0.39, 0.29) is 11.9 Å². The molecule has 0 aromatic carbocycles. The van der Waals surface area contributed by atoms with Gasteiger partial charge in [0.1, 0.15) is 17.1 Å². The maximum atomic E-state index is 12.3. The lowest BCUT2D eigenvalue weighted by Gasteiger charge is -2.10. The van der Waals surface area contributed by atoms with Crippen LogP contribution in [-0.4, -0.2) is 20.5 Å². The van der Waals surface area contributed by atoms with Gasteiger partial charge < -0.3 is 9.73 Å². The zero-order chi connectivity index (χ0) is 14.1. The molecule has 1 amide bonds. The maximum Gasteiger partial charge on any atom is 0.257 e. The number of carbonyl (C=O) groups excluding carboxylic acids is 1. The van der Waals surface area contributed by atoms with E-state index in [4.69, 9.17) is 4.42 Å². The molecule has 0 fully saturated rings. The minimum atomic E-state index is -0.222. The molecule has 0 spiro atoms. The van der Waals surface area contributed by atoms with Gasteiger partial charge in [0.25, 0.3) is 5.91 Å². The highest BCUT2D eigenvalue weighted by atomic mass is 16.3. The van der Waals surface area contributed by atoms with Crippen molar-refractivity contribution >= 4 is 11.6 Å². The fraction of sp³-hybridized carbons (Fsp3) is 0.214. The number of hydrogen-bond acceptors (Lipinski definition) is 4. The average molecular weight is 270 g/mol. The fourth-order valence-electron chi connectivity index (χ4n) is 2.02. The van der Waals surface area contributed by atoms with Crippen LogP contribution >= 0.6 is 0 Å². The molecule has 3 aromatic rings. The van der Waals surface area contributed by atoms with Crippen LogP contribution in [0.2, 0.25) is 0 Å². The van der Waals surface area contributed by atoms with Crippen LogP contribution < -0.4 is 5.32 Å². The molecule has 3 heterocycles. The van der Waals surface area contributed by atoms with Gasteiger partial charge in [-0.2, -0.15) is 5.10 Å². The number of nitrogens with one attached hydrogen (secondary N) is 1. The van der Waals surface area contributed by atoms with Crippen LogP contribution in [0.4, 0.5) is 0 Å². The Balaban J connectivity index is 1.82. The third-order valence-electron chi connectivity index (χ3n) is 3.06. The second kappa shape index (κ2) is 4.80. The molecule has 0 aliphatic rings. The Kier molecular flexibility index (Phi) is 2.98. The summed E-state index contributed by atoms with van der Waals surface area (Å²) in [6, 6.07) is 5.27. The lowest BCUT2D eigenvalue weighted by Crippen LogP contribution is -2.26. The van der Waals surface area contributed by atoms with E-state index in [0.29, 0.717) is 11.2 Å². The number of aromatic nitrogens is 3. The molecule has 0 aliphatic heterocycles. The Bertz CT molecular complexity index is 759. The normalized spacial score (nSPS) is 12.5. The summed E-state index contributed by atoms with van der Waals surface area (Å²) < 4.78 is 7.07. The molecule has 6 nitrogen and oxygen atoms in total. The molecule has 3 aromatic heterocycles. The van der Waals surface area contributed by atoms with Crippen molar-refractivity contribution in [3.63, 3.8) is 0 Å². The Hall–Kier alpha value is -2.63. The van der Waals surface area contributed by atoms with Crippen molar-refractivity contribution in [3.8, 4) is 0 Å². The number of nitrogens with zero attached hydrogens (tertiary/aromatic N) is 3. The van der Waals surface area contributed by atoms with Gasteiger partial charge in [0.2, 0.25) is 0 Å². The van der Waals surface area contributed by atoms with Crippen LogP contribution in [0.5, 0.6) is 0 Å². The smallest absolute Gasteiger partial charge is 0.257 e. The van der Waals surface area contributed by atoms with Crippen molar-refractivity contribution in [2.75, 3.05) is 0 Å². The van der Waals surface area contributed by atoms with Crippen LogP contribution in [0, 0.1) is 6.92 Å². The fourth-order valence-corrected chi connectivity index (χ4v) is 2.02. The molecular weight excluding hydrogens is 256 g/mol. The Morgan fingerprint density at radius 3 is 3.05 bits per heavy atom. The maximum absolute atomic E-state index is 12.3. The van der Waals surface area contributed by atoms with Gasteiger partial charge >= 0.3 is 0 Å². The lowest BCUT2D eigenvalue weighted by molar-refractivity contribution is 0.0936. The second-order valence-corrected chi connectivity index (χ2v) is 4.59. The number of aryl methyl sites for hydroxylation is 1. The minimum Gasteiger partial charge on any atom is -0.464 e. The largest absolute Gasteiger partial charge is 0.464 e. The van der Waals surface area contributed by atoms with Crippen molar-refractivity contribution < 1.29 is 9.21 Å². The van der Waals surface area contributed by atoms with Crippen LogP contribution in [0.25, 0.3) is 5.65 Å². The number of carbonyl (C=O) groups is 1. The Morgan fingerprint density at radius 1 is 1.45 bits per heavy atom. The standard InChI is InChI=1S/C14H14N4O2/c1-9-4-5-12(20-9)10(2)17-14(19)11-8-16-18-7-3-6-15-13(11)18/h3-8,10H,1-2H3,(H,17,19)/t10-/m1/s1. The molecule has 0 saturated carbocycles. The first-order valence-electron chi connectivity index (χ1n) is 6.30. The van der Waals surface area contributed by atoms with E-state index < -0.39 is 0 Å². The van der Waals surface area contributed by atoms with E-state index in [1.54, 1.807) is 23.0 Å². The summed E-state index contributed by atoms with van der Waals surface area (Å²) in [5.41, 5.74) is 0.980. The van der Waals surface area contributed by atoms with Gasteiger partial charge in [0.05, 0.1) is 12.2 Å². The molecule has 0 saturated heterocycles. The van der Waals surface area contributed by atoms with Crippen LogP contribution in [0.1, 0.15) is 34.8 Å². The molecular formula is C14H14N4O2. The molecule has 3 rings (SSSR count). The van der Waals surface area contributed by atoms with E-state index in [2.05, 4.69) is 15.4 Å². The van der Waals surface area contributed by atoms with Gasteiger partial charge in [-0.1, -0.05) is 0 Å². The SMILES string of the molecule is Cc1ccc([C@@H](C)NC(=O)c2cnn3cccnc23)o1. The first kappa shape index (κ1) is 12.4. The molecule has 1 atom stereocenters. The third-order valence-corrected chi connectivity index (χ3v) is 3.06. The van der Waals surface area contributed by atoms with Gasteiger partial charge in [0, 0.05) is 12.4 Å². The van der Waals surface area contributed by atoms with Crippen molar-refractivity contribution in [1.29, 1.82) is 0 Å². The number of amides is 1. The number of hydrogen-bond donors (Lipinski definition) is 1. The molecule has 20 heavy (non-hydrogen) atoms. The van der Waals surface area contributed by atoms with Crippen molar-refractivity contribution in [3.05, 3.63) is 53.9 Å². The predicted octanol–water partition coefficient (Wildman–Crippen LogP) is 2.12. The summed E-state index contributed by atoms with van der Waals surface area (Å²) in [4.78, 5) is 16.4. The Labute approximate surface area is 115 Å². The lowest BCUT2D eigenvalue weighted by atomic mass is 10.2. The van der Waals surface area contributed by atoms with E-state index in [0.717, 1.165) is 11.5 Å². The number of fused-ring (bicyclic) bond motifs is 1. The molecule has 1 N–H and O–H groups in total. The monoisotopic (exact) mass is 270 g/mol. The van der Waals surface area contributed by atoms with Crippen LogP contribution in [0.15, 0.2) is 41.2 Å². The summed E-state index contributed by atoms with van der Waals surface area (Å²) in [6.07, 6.45) is 4.89. The zero-order valence-electron chi connectivity index (χ0n) is 11.2. The van der Waals surface area contributed by atoms with E-state index >= 15 is 0 Å². The van der Waals surface area contributed by atoms with Crippen LogP contribution in [0.3, 0.4) is 0 Å². The zero-order valence-corrected chi connectivity index (χ0v) is 11.2. The first-order chi connectivity index (χ1) is 9.65. The van der Waals surface area contributed by atoms with Crippen LogP contribution in [-0.2, 0) is 0 Å². The molecule has 0 aliphatic carbocycles. The molecule has 102 valence electrons. The van der Waals surface area contributed by atoms with Gasteiger partial charge in [-0.3, -0.25) is 4.79 Å². The Morgan fingerprint density at radius 2 is 2.30 bits per heavy atom. The van der Waals surface area contributed by atoms with Crippen molar-refractivity contribution in [2.24, 2.45) is 0 Å². The first-order valence-corrected chi connectivity index (χ1v) is 6.30. The summed E-state index contributed by atoms with van der Waals surface area (Å²) in [6.45, 7) is 3.74. The number of furan rings is 1. The van der Waals surface area contributed by atoms with Gasteiger partial charge in [-0.05, 0) is 32.0 Å². The minimum absolute atomic E-state index is 0.213.